The van der Waals surface area contributed by atoms with Gasteiger partial charge < -0.3 is 16.0 Å². The van der Waals surface area contributed by atoms with Crippen LogP contribution in [0.15, 0.2) is 12.4 Å². The molecule has 2 atom stereocenters. The molecule has 0 saturated carbocycles. The summed E-state index contributed by atoms with van der Waals surface area (Å²) in [4.78, 5) is 24.8. The maximum absolute atomic E-state index is 12.2. The number of hydrogen-bond donors (Lipinski definition) is 3. The fourth-order valence-electron chi connectivity index (χ4n) is 2.30. The van der Waals surface area contributed by atoms with Crippen molar-refractivity contribution in [3.63, 3.8) is 0 Å². The molecule has 1 aromatic rings. The number of hydrogen-bond acceptors (Lipinski definition) is 3. The first-order valence-electron chi connectivity index (χ1n) is 6.41. The lowest BCUT2D eigenvalue weighted by atomic mass is 9.97. The van der Waals surface area contributed by atoms with Crippen LogP contribution in [0.4, 0.5) is 4.79 Å². The number of urea groups is 1. The number of carbonyl (C=O) groups excluding carboxylic acids is 2. The zero-order chi connectivity index (χ0) is 13.8. The number of aromatic nitrogens is 2. The van der Waals surface area contributed by atoms with Gasteiger partial charge in [-0.3, -0.25) is 9.89 Å². The number of nitrogens with two attached hydrogens (primary N) is 1. The number of likely N-dealkylation sites (tertiary alicyclic amines) is 1. The molecule has 4 N–H and O–H groups in total. The standard InChI is InChI=1S/C12H19N5O2/c1-8(10-5-14-15-6-10)16-11(18)9-3-2-4-17(7-9)12(13)19/h5-6,8-9H,2-4,7H2,1H3,(H2,13,19)(H,14,15)(H,16,18). The Morgan fingerprint density at radius 1 is 1.63 bits per heavy atom. The van der Waals surface area contributed by atoms with E-state index in [0.717, 1.165) is 18.4 Å². The first-order chi connectivity index (χ1) is 9.08. The highest BCUT2D eigenvalue weighted by molar-refractivity contribution is 5.80. The van der Waals surface area contributed by atoms with E-state index >= 15 is 0 Å². The Balaban J connectivity index is 1.91. The summed E-state index contributed by atoms with van der Waals surface area (Å²) in [5.74, 6) is -0.227. The average molecular weight is 265 g/mol. The second kappa shape index (κ2) is 5.73. The predicted molar refractivity (Wildman–Crippen MR) is 69.0 cm³/mol. The zero-order valence-electron chi connectivity index (χ0n) is 10.9. The number of primary amides is 1. The SMILES string of the molecule is CC(NC(=O)C1CCCN(C(N)=O)C1)c1cn[nH]c1. The Hall–Kier alpha value is -2.05. The second-order valence-corrected chi connectivity index (χ2v) is 4.89. The van der Waals surface area contributed by atoms with Gasteiger partial charge in [0, 0.05) is 24.8 Å². The molecule has 2 unspecified atom stereocenters. The van der Waals surface area contributed by atoms with Crippen molar-refractivity contribution in [2.24, 2.45) is 11.7 Å². The summed E-state index contributed by atoms with van der Waals surface area (Å²) in [6, 6.07) is -0.560. The molecule has 104 valence electrons. The molecule has 0 spiro atoms. The summed E-state index contributed by atoms with van der Waals surface area (Å²) >= 11 is 0. The quantitative estimate of drug-likeness (QED) is 0.735. The number of aromatic amines is 1. The Morgan fingerprint density at radius 3 is 3.05 bits per heavy atom. The molecular weight excluding hydrogens is 246 g/mol. The van der Waals surface area contributed by atoms with Gasteiger partial charge in [0.2, 0.25) is 5.91 Å². The van der Waals surface area contributed by atoms with Crippen LogP contribution in [-0.4, -0.2) is 40.1 Å². The topological polar surface area (TPSA) is 104 Å². The molecule has 1 aromatic heterocycles. The average Bonchev–Trinajstić information content (AvgIpc) is 2.92. The van der Waals surface area contributed by atoms with E-state index < -0.39 is 6.03 Å². The third kappa shape index (κ3) is 3.24. The minimum Gasteiger partial charge on any atom is -0.351 e. The molecule has 19 heavy (non-hydrogen) atoms. The number of H-pyrrole nitrogens is 1. The smallest absolute Gasteiger partial charge is 0.314 e. The van der Waals surface area contributed by atoms with Crippen molar-refractivity contribution in [3.8, 4) is 0 Å². The summed E-state index contributed by atoms with van der Waals surface area (Å²) in [6.07, 6.45) is 5.03. The van der Waals surface area contributed by atoms with Crippen LogP contribution in [0.1, 0.15) is 31.4 Å². The highest BCUT2D eigenvalue weighted by atomic mass is 16.2. The number of piperidine rings is 1. The van der Waals surface area contributed by atoms with E-state index in [1.807, 2.05) is 6.92 Å². The maximum atomic E-state index is 12.2. The lowest BCUT2D eigenvalue weighted by Crippen LogP contribution is -2.47. The van der Waals surface area contributed by atoms with Gasteiger partial charge in [-0.1, -0.05) is 0 Å². The zero-order valence-corrected chi connectivity index (χ0v) is 10.9. The molecule has 7 heteroatoms. The molecule has 1 aliphatic heterocycles. The van der Waals surface area contributed by atoms with E-state index in [-0.39, 0.29) is 17.9 Å². The minimum absolute atomic E-state index is 0.0420. The molecule has 2 heterocycles. The second-order valence-electron chi connectivity index (χ2n) is 4.89. The maximum Gasteiger partial charge on any atom is 0.314 e. The Kier molecular flexibility index (Phi) is 4.03. The highest BCUT2D eigenvalue weighted by Gasteiger charge is 2.28. The van der Waals surface area contributed by atoms with E-state index in [9.17, 15) is 9.59 Å². The van der Waals surface area contributed by atoms with Crippen LogP contribution in [0.5, 0.6) is 0 Å². The summed E-state index contributed by atoms with van der Waals surface area (Å²) in [6.45, 7) is 2.94. The van der Waals surface area contributed by atoms with Crippen LogP contribution < -0.4 is 11.1 Å². The van der Waals surface area contributed by atoms with E-state index in [0.29, 0.717) is 13.1 Å². The van der Waals surface area contributed by atoms with Crippen molar-refractivity contribution < 1.29 is 9.59 Å². The third-order valence-electron chi connectivity index (χ3n) is 3.48. The van der Waals surface area contributed by atoms with Crippen LogP contribution in [0.3, 0.4) is 0 Å². The van der Waals surface area contributed by atoms with Gasteiger partial charge in [-0.25, -0.2) is 4.79 Å². The van der Waals surface area contributed by atoms with Gasteiger partial charge in [-0.05, 0) is 19.8 Å². The molecular formula is C12H19N5O2. The molecule has 2 rings (SSSR count). The van der Waals surface area contributed by atoms with Gasteiger partial charge in [0.05, 0.1) is 18.2 Å². The lowest BCUT2D eigenvalue weighted by molar-refractivity contribution is -0.126. The Labute approximate surface area is 111 Å². The van der Waals surface area contributed by atoms with Crippen molar-refractivity contribution >= 4 is 11.9 Å². The molecule has 0 radical (unpaired) electrons. The lowest BCUT2D eigenvalue weighted by Gasteiger charge is -2.31. The summed E-state index contributed by atoms with van der Waals surface area (Å²) in [7, 11) is 0. The van der Waals surface area contributed by atoms with Gasteiger partial charge in [-0.2, -0.15) is 5.10 Å². The van der Waals surface area contributed by atoms with Crippen LogP contribution >= 0.6 is 0 Å². The van der Waals surface area contributed by atoms with Crippen molar-refractivity contribution in [3.05, 3.63) is 18.0 Å². The normalized spacial score (nSPS) is 20.9. The largest absolute Gasteiger partial charge is 0.351 e. The molecule has 0 aliphatic carbocycles. The van der Waals surface area contributed by atoms with E-state index in [1.165, 1.54) is 4.90 Å². The van der Waals surface area contributed by atoms with Gasteiger partial charge in [0.1, 0.15) is 0 Å². The third-order valence-corrected chi connectivity index (χ3v) is 3.48. The predicted octanol–water partition coefficient (Wildman–Crippen LogP) is 0.378. The van der Waals surface area contributed by atoms with Crippen LogP contribution in [0, 0.1) is 5.92 Å². The molecule has 3 amide bonds. The van der Waals surface area contributed by atoms with Crippen molar-refractivity contribution in [2.45, 2.75) is 25.8 Å². The molecule has 0 bridgehead atoms. The van der Waals surface area contributed by atoms with Crippen molar-refractivity contribution in [1.82, 2.24) is 20.4 Å². The van der Waals surface area contributed by atoms with Gasteiger partial charge >= 0.3 is 6.03 Å². The van der Waals surface area contributed by atoms with E-state index in [2.05, 4.69) is 15.5 Å². The number of nitrogens with one attached hydrogen (secondary N) is 2. The number of carbonyl (C=O) groups is 2. The minimum atomic E-state index is -0.458. The highest BCUT2D eigenvalue weighted by Crippen LogP contribution is 2.18. The first kappa shape index (κ1) is 13.4. The number of amides is 3. The fraction of sp³-hybridized carbons (Fsp3) is 0.583. The molecule has 1 saturated heterocycles. The number of nitrogens with zero attached hydrogens (tertiary/aromatic N) is 2. The number of rotatable bonds is 3. The van der Waals surface area contributed by atoms with Crippen LogP contribution in [0.2, 0.25) is 0 Å². The summed E-state index contributed by atoms with van der Waals surface area (Å²) in [5.41, 5.74) is 6.18. The van der Waals surface area contributed by atoms with Crippen molar-refractivity contribution in [1.29, 1.82) is 0 Å². The Morgan fingerprint density at radius 2 is 2.42 bits per heavy atom. The molecule has 1 fully saturated rings. The van der Waals surface area contributed by atoms with Crippen LogP contribution in [-0.2, 0) is 4.79 Å². The summed E-state index contributed by atoms with van der Waals surface area (Å²) < 4.78 is 0. The van der Waals surface area contributed by atoms with Gasteiger partial charge in [-0.15, -0.1) is 0 Å². The Bertz CT molecular complexity index is 445. The van der Waals surface area contributed by atoms with E-state index in [4.69, 9.17) is 5.73 Å². The fourth-order valence-corrected chi connectivity index (χ4v) is 2.30. The summed E-state index contributed by atoms with van der Waals surface area (Å²) in [5, 5.41) is 9.50. The monoisotopic (exact) mass is 265 g/mol. The van der Waals surface area contributed by atoms with Gasteiger partial charge in [0.25, 0.3) is 0 Å². The molecule has 0 aromatic carbocycles. The first-order valence-corrected chi connectivity index (χ1v) is 6.41. The van der Waals surface area contributed by atoms with Crippen molar-refractivity contribution in [2.75, 3.05) is 13.1 Å². The molecule has 7 nitrogen and oxygen atoms in total. The van der Waals surface area contributed by atoms with Gasteiger partial charge in [0.15, 0.2) is 0 Å². The van der Waals surface area contributed by atoms with E-state index in [1.54, 1.807) is 12.4 Å². The molecule has 1 aliphatic rings. The van der Waals surface area contributed by atoms with Crippen LogP contribution in [0.25, 0.3) is 0 Å².